The van der Waals surface area contributed by atoms with Crippen LogP contribution in [0.25, 0.3) is 0 Å². The van der Waals surface area contributed by atoms with E-state index in [1.807, 2.05) is 13.8 Å². The Kier molecular flexibility index (Phi) is 4.22. The van der Waals surface area contributed by atoms with Crippen molar-refractivity contribution in [2.75, 3.05) is 24.5 Å². The molecule has 0 aliphatic carbocycles. The number of rotatable bonds is 3. The zero-order valence-corrected chi connectivity index (χ0v) is 11.6. The third-order valence-corrected chi connectivity index (χ3v) is 4.13. The maximum absolute atomic E-state index is 13.8. The number of halogens is 4. The molecular weight excluding hydrogens is 272 g/mol. The molecule has 0 amide bonds. The van der Waals surface area contributed by atoms with E-state index in [0.717, 1.165) is 12.8 Å². The van der Waals surface area contributed by atoms with E-state index in [0.29, 0.717) is 19.6 Å². The summed E-state index contributed by atoms with van der Waals surface area (Å²) in [4.78, 5) is 1.39. The Balaban J connectivity index is 2.41. The van der Waals surface area contributed by atoms with Gasteiger partial charge in [-0.25, -0.2) is 17.6 Å². The summed E-state index contributed by atoms with van der Waals surface area (Å²) >= 11 is 0. The van der Waals surface area contributed by atoms with Crippen LogP contribution in [-0.4, -0.2) is 25.2 Å². The highest BCUT2D eigenvalue weighted by Crippen LogP contribution is 2.31. The number of nitrogens with one attached hydrogen (secondary N) is 1. The number of benzene rings is 1. The second-order valence-corrected chi connectivity index (χ2v) is 5.15. The van der Waals surface area contributed by atoms with Crippen molar-refractivity contribution in [3.63, 3.8) is 0 Å². The second kappa shape index (κ2) is 5.60. The first-order valence-corrected chi connectivity index (χ1v) is 6.77. The van der Waals surface area contributed by atoms with Gasteiger partial charge in [0.15, 0.2) is 23.3 Å². The summed E-state index contributed by atoms with van der Waals surface area (Å²) in [7, 11) is 0. The molecule has 1 aromatic rings. The third kappa shape index (κ3) is 2.49. The maximum Gasteiger partial charge on any atom is 0.185 e. The van der Waals surface area contributed by atoms with Crippen LogP contribution in [0.4, 0.5) is 23.2 Å². The number of anilines is 1. The molecular formula is C14H18F4N2. The molecule has 0 bridgehead atoms. The highest BCUT2D eigenvalue weighted by molar-refractivity contribution is 5.51. The van der Waals surface area contributed by atoms with E-state index in [4.69, 9.17) is 0 Å². The van der Waals surface area contributed by atoms with E-state index in [1.165, 1.54) is 4.90 Å². The standard InChI is InChI=1S/C14H18F4N2/c1-3-14(4-2)8-20(6-5-19-14)13-11(17)9(15)7-10(16)12(13)18/h7,19H,3-6,8H2,1-2H3. The molecule has 0 radical (unpaired) electrons. The van der Waals surface area contributed by atoms with Crippen molar-refractivity contribution < 1.29 is 17.6 Å². The Morgan fingerprint density at radius 2 is 1.65 bits per heavy atom. The molecule has 1 N–H and O–H groups in total. The molecule has 0 atom stereocenters. The van der Waals surface area contributed by atoms with Crippen LogP contribution in [0.2, 0.25) is 0 Å². The van der Waals surface area contributed by atoms with Crippen LogP contribution in [-0.2, 0) is 0 Å². The van der Waals surface area contributed by atoms with Crippen molar-refractivity contribution >= 4 is 5.69 Å². The van der Waals surface area contributed by atoms with Crippen molar-refractivity contribution in [2.45, 2.75) is 32.2 Å². The zero-order chi connectivity index (χ0) is 14.9. The Morgan fingerprint density at radius 1 is 1.10 bits per heavy atom. The fraction of sp³-hybridized carbons (Fsp3) is 0.571. The van der Waals surface area contributed by atoms with Crippen LogP contribution in [0, 0.1) is 23.3 Å². The summed E-state index contributed by atoms with van der Waals surface area (Å²) in [5.41, 5.74) is -0.893. The van der Waals surface area contributed by atoms with Gasteiger partial charge in [0.25, 0.3) is 0 Å². The van der Waals surface area contributed by atoms with Crippen molar-refractivity contribution in [2.24, 2.45) is 0 Å². The summed E-state index contributed by atoms with van der Waals surface area (Å²) < 4.78 is 54.3. The van der Waals surface area contributed by atoms with Crippen LogP contribution in [0.1, 0.15) is 26.7 Å². The van der Waals surface area contributed by atoms with Crippen molar-refractivity contribution in [1.29, 1.82) is 0 Å². The second-order valence-electron chi connectivity index (χ2n) is 5.15. The molecule has 0 aromatic heterocycles. The minimum Gasteiger partial charge on any atom is -0.363 e. The third-order valence-electron chi connectivity index (χ3n) is 4.13. The minimum atomic E-state index is -1.36. The molecule has 1 heterocycles. The van der Waals surface area contributed by atoms with E-state index in [9.17, 15) is 17.6 Å². The van der Waals surface area contributed by atoms with E-state index in [-0.39, 0.29) is 11.6 Å². The van der Waals surface area contributed by atoms with Gasteiger partial charge in [-0.1, -0.05) is 13.8 Å². The molecule has 1 saturated heterocycles. The molecule has 1 aliphatic rings. The summed E-state index contributed by atoms with van der Waals surface area (Å²) in [6, 6.07) is 0.239. The largest absolute Gasteiger partial charge is 0.363 e. The van der Waals surface area contributed by atoms with Crippen molar-refractivity contribution in [3.8, 4) is 0 Å². The molecule has 20 heavy (non-hydrogen) atoms. The molecule has 0 saturated carbocycles. The van der Waals surface area contributed by atoms with Gasteiger partial charge < -0.3 is 10.2 Å². The van der Waals surface area contributed by atoms with E-state index < -0.39 is 29.0 Å². The minimum absolute atomic E-state index is 0.239. The first-order chi connectivity index (χ1) is 9.44. The first kappa shape index (κ1) is 15.1. The van der Waals surface area contributed by atoms with E-state index in [2.05, 4.69) is 5.32 Å². The SMILES string of the molecule is CCC1(CC)CN(c2c(F)c(F)cc(F)c2F)CCN1. The van der Waals surface area contributed by atoms with Gasteiger partial charge in [-0.15, -0.1) is 0 Å². The highest BCUT2D eigenvalue weighted by Gasteiger charge is 2.35. The lowest BCUT2D eigenvalue weighted by molar-refractivity contribution is 0.274. The fourth-order valence-corrected chi connectivity index (χ4v) is 2.71. The van der Waals surface area contributed by atoms with Crippen LogP contribution < -0.4 is 10.2 Å². The molecule has 0 unspecified atom stereocenters. The molecule has 1 aliphatic heterocycles. The van der Waals surface area contributed by atoms with E-state index in [1.54, 1.807) is 0 Å². The molecule has 0 spiro atoms. The molecule has 6 heteroatoms. The van der Waals surface area contributed by atoms with Gasteiger partial charge in [0.05, 0.1) is 0 Å². The van der Waals surface area contributed by atoms with Gasteiger partial charge in [-0.05, 0) is 12.8 Å². The summed E-state index contributed by atoms with van der Waals surface area (Å²) in [5.74, 6) is -5.38. The highest BCUT2D eigenvalue weighted by atomic mass is 19.2. The molecule has 2 nitrogen and oxygen atoms in total. The van der Waals surface area contributed by atoms with Gasteiger partial charge in [-0.2, -0.15) is 0 Å². The average molecular weight is 290 g/mol. The molecule has 1 aromatic carbocycles. The molecule has 1 fully saturated rings. The van der Waals surface area contributed by atoms with Gasteiger partial charge >= 0.3 is 0 Å². The van der Waals surface area contributed by atoms with Crippen LogP contribution in [0.15, 0.2) is 6.07 Å². The smallest absolute Gasteiger partial charge is 0.185 e. The van der Waals surface area contributed by atoms with E-state index >= 15 is 0 Å². The topological polar surface area (TPSA) is 15.3 Å². The Hall–Kier alpha value is -1.30. The number of nitrogens with zero attached hydrogens (tertiary/aromatic N) is 1. The molecule has 2 rings (SSSR count). The van der Waals surface area contributed by atoms with Gasteiger partial charge in [0.2, 0.25) is 0 Å². The molecule has 112 valence electrons. The Labute approximate surface area is 115 Å². The van der Waals surface area contributed by atoms with Gasteiger partial charge in [0.1, 0.15) is 5.69 Å². The zero-order valence-electron chi connectivity index (χ0n) is 11.6. The summed E-state index contributed by atoms with van der Waals surface area (Å²) in [5, 5.41) is 3.33. The van der Waals surface area contributed by atoms with Gasteiger partial charge in [-0.3, -0.25) is 0 Å². The number of hydrogen-bond donors (Lipinski definition) is 1. The summed E-state index contributed by atoms with van der Waals surface area (Å²) in [6.07, 6.45) is 1.53. The Bertz CT molecular complexity index is 474. The average Bonchev–Trinajstić information content (AvgIpc) is 2.46. The Morgan fingerprint density at radius 3 is 2.15 bits per heavy atom. The van der Waals surface area contributed by atoms with Gasteiger partial charge in [0, 0.05) is 31.2 Å². The first-order valence-electron chi connectivity index (χ1n) is 6.77. The maximum atomic E-state index is 13.8. The lowest BCUT2D eigenvalue weighted by atomic mass is 9.90. The lowest BCUT2D eigenvalue weighted by Crippen LogP contribution is -2.60. The van der Waals surface area contributed by atoms with Crippen LogP contribution >= 0.6 is 0 Å². The number of piperazine rings is 1. The summed E-state index contributed by atoms with van der Waals surface area (Å²) in [6.45, 7) is 5.08. The predicted molar refractivity (Wildman–Crippen MR) is 69.8 cm³/mol. The monoisotopic (exact) mass is 290 g/mol. The van der Waals surface area contributed by atoms with Crippen molar-refractivity contribution in [1.82, 2.24) is 5.32 Å². The van der Waals surface area contributed by atoms with Crippen molar-refractivity contribution in [3.05, 3.63) is 29.3 Å². The number of hydrogen-bond acceptors (Lipinski definition) is 2. The van der Waals surface area contributed by atoms with Crippen LogP contribution in [0.5, 0.6) is 0 Å². The van der Waals surface area contributed by atoms with Crippen LogP contribution in [0.3, 0.4) is 0 Å². The quantitative estimate of drug-likeness (QED) is 0.679. The predicted octanol–water partition coefficient (Wildman–Crippen LogP) is 3.21. The lowest BCUT2D eigenvalue weighted by Gasteiger charge is -2.44. The fourth-order valence-electron chi connectivity index (χ4n) is 2.71. The normalized spacial score (nSPS) is 18.4.